The maximum absolute atomic E-state index is 13.0. The van der Waals surface area contributed by atoms with Crippen molar-refractivity contribution in [2.75, 3.05) is 4.72 Å². The van der Waals surface area contributed by atoms with E-state index in [1.165, 1.54) is 61.2 Å². The van der Waals surface area contributed by atoms with Crippen LogP contribution in [0, 0.1) is 17.8 Å². The number of thiazole rings is 1. The number of fused-ring (bicyclic) bond motifs is 1. The van der Waals surface area contributed by atoms with Crippen molar-refractivity contribution in [1.29, 1.82) is 0 Å². The van der Waals surface area contributed by atoms with Gasteiger partial charge < -0.3 is 0 Å². The monoisotopic (exact) mass is 430 g/mol. The zero-order chi connectivity index (χ0) is 18.9. The lowest BCUT2D eigenvalue weighted by Gasteiger charge is -2.56. The first-order valence-corrected chi connectivity index (χ1v) is 13.2. The van der Waals surface area contributed by atoms with Gasteiger partial charge in [0.2, 0.25) is 0 Å². The Morgan fingerprint density at radius 3 is 2.36 bits per heavy atom. The highest BCUT2D eigenvalue weighted by molar-refractivity contribution is 7.93. The highest BCUT2D eigenvalue weighted by atomic mass is 32.2. The summed E-state index contributed by atoms with van der Waals surface area (Å²) in [5.41, 5.74) is 1.33. The molecule has 4 nitrogen and oxygen atoms in total. The summed E-state index contributed by atoms with van der Waals surface area (Å²) in [5, 5.41) is 5.11. The summed E-state index contributed by atoms with van der Waals surface area (Å²) in [6, 6.07) is 7.63. The van der Waals surface area contributed by atoms with Gasteiger partial charge in [0.1, 0.15) is 4.90 Å². The quantitative estimate of drug-likeness (QED) is 0.584. The van der Waals surface area contributed by atoms with Crippen molar-refractivity contribution in [3.05, 3.63) is 40.7 Å². The Bertz CT molecular complexity index is 1130. The predicted molar refractivity (Wildman–Crippen MR) is 115 cm³/mol. The van der Waals surface area contributed by atoms with Crippen LogP contribution in [0.2, 0.25) is 0 Å². The second-order valence-electron chi connectivity index (χ2n) is 8.94. The Labute approximate surface area is 173 Å². The van der Waals surface area contributed by atoms with Crippen molar-refractivity contribution in [2.24, 2.45) is 17.8 Å². The molecular formula is C21H22N2O2S3. The highest BCUT2D eigenvalue weighted by Gasteiger charge is 2.52. The molecule has 4 aliphatic carbocycles. The van der Waals surface area contributed by atoms with Crippen molar-refractivity contribution in [3.63, 3.8) is 0 Å². The number of anilines is 1. The summed E-state index contributed by atoms with van der Waals surface area (Å²) in [5.74, 6) is 2.56. The van der Waals surface area contributed by atoms with Gasteiger partial charge in [0.15, 0.2) is 5.13 Å². The van der Waals surface area contributed by atoms with Crippen molar-refractivity contribution in [2.45, 2.75) is 48.8 Å². The average Bonchev–Trinajstić information content (AvgIpc) is 3.27. The number of sulfonamides is 1. The molecule has 4 aliphatic rings. The number of rotatable bonds is 4. The number of aromatic nitrogens is 1. The molecule has 4 fully saturated rings. The first-order valence-electron chi connectivity index (χ1n) is 9.96. The van der Waals surface area contributed by atoms with E-state index < -0.39 is 10.0 Å². The van der Waals surface area contributed by atoms with Crippen LogP contribution in [-0.4, -0.2) is 13.4 Å². The number of nitrogens with one attached hydrogen (secondary N) is 1. The maximum Gasteiger partial charge on any atom is 0.265 e. The van der Waals surface area contributed by atoms with Gasteiger partial charge in [0, 0.05) is 26.3 Å². The lowest BCUT2D eigenvalue weighted by Crippen LogP contribution is -2.48. The number of thiophene rings is 1. The van der Waals surface area contributed by atoms with Crippen LogP contribution in [0.4, 0.5) is 5.13 Å². The van der Waals surface area contributed by atoms with Gasteiger partial charge in [-0.15, -0.1) is 22.7 Å². The molecule has 1 aromatic carbocycles. The van der Waals surface area contributed by atoms with Crippen LogP contribution < -0.4 is 4.72 Å². The van der Waals surface area contributed by atoms with Crippen LogP contribution in [0.1, 0.15) is 44.2 Å². The minimum atomic E-state index is -3.63. The molecule has 0 spiro atoms. The molecule has 7 heteroatoms. The molecule has 28 heavy (non-hydrogen) atoms. The molecule has 1 N–H and O–H groups in total. The Kier molecular flexibility index (Phi) is 3.75. The van der Waals surface area contributed by atoms with Gasteiger partial charge in [-0.05, 0) is 62.3 Å². The largest absolute Gasteiger partial charge is 0.265 e. The van der Waals surface area contributed by atoms with E-state index >= 15 is 0 Å². The number of hydrogen-bond acceptors (Lipinski definition) is 5. The molecule has 4 saturated carbocycles. The highest BCUT2D eigenvalue weighted by Crippen LogP contribution is 2.60. The molecule has 0 radical (unpaired) electrons. The molecule has 0 atom stereocenters. The Hall–Kier alpha value is -1.44. The van der Waals surface area contributed by atoms with Gasteiger partial charge in [0.25, 0.3) is 10.0 Å². The fourth-order valence-corrected chi connectivity index (χ4v) is 9.91. The lowest BCUT2D eigenvalue weighted by molar-refractivity contribution is -0.00688. The summed E-state index contributed by atoms with van der Waals surface area (Å²) >= 11 is 2.89. The van der Waals surface area contributed by atoms with E-state index in [0.717, 1.165) is 33.5 Å². The third-order valence-corrected chi connectivity index (χ3v) is 10.4. The Morgan fingerprint density at radius 2 is 1.64 bits per heavy atom. The molecule has 0 saturated heterocycles. The molecule has 2 aromatic heterocycles. The zero-order valence-electron chi connectivity index (χ0n) is 15.4. The summed E-state index contributed by atoms with van der Waals surface area (Å²) in [7, 11) is -3.63. The van der Waals surface area contributed by atoms with E-state index in [1.807, 2.05) is 24.3 Å². The summed E-state index contributed by atoms with van der Waals surface area (Å²) in [6.45, 7) is 0. The Morgan fingerprint density at radius 1 is 0.964 bits per heavy atom. The molecule has 146 valence electrons. The van der Waals surface area contributed by atoms with Gasteiger partial charge in [-0.25, -0.2) is 13.4 Å². The fraction of sp³-hybridized carbons (Fsp3) is 0.476. The van der Waals surface area contributed by atoms with Crippen molar-refractivity contribution >= 4 is 47.9 Å². The smallest absolute Gasteiger partial charge is 0.255 e. The summed E-state index contributed by atoms with van der Waals surface area (Å²) in [4.78, 5) is 5.15. The summed E-state index contributed by atoms with van der Waals surface area (Å²) in [6.07, 6.45) is 7.91. The van der Waals surface area contributed by atoms with Crippen LogP contribution in [0.15, 0.2) is 39.9 Å². The Balaban J connectivity index is 1.30. The lowest BCUT2D eigenvalue weighted by atomic mass is 9.49. The first-order chi connectivity index (χ1) is 13.5. The average molecular weight is 431 g/mol. The molecular weight excluding hydrogens is 408 g/mol. The van der Waals surface area contributed by atoms with E-state index in [2.05, 4.69) is 10.1 Å². The summed E-state index contributed by atoms with van der Waals surface area (Å²) < 4.78 is 29.7. The van der Waals surface area contributed by atoms with E-state index in [-0.39, 0.29) is 5.41 Å². The van der Waals surface area contributed by atoms with Gasteiger partial charge in [-0.1, -0.05) is 18.2 Å². The van der Waals surface area contributed by atoms with Gasteiger partial charge in [-0.3, -0.25) is 4.72 Å². The standard InChI is InChI=1S/C21H22N2O2S3/c24-28(25,18-11-26-17-4-2-1-3-16(17)18)23-20-22-19(12-27-20)21-8-13-5-14(9-21)7-15(6-13)10-21/h1-4,11-15H,5-10H2,(H,22,23). The fourth-order valence-electron chi connectivity index (χ4n) is 6.32. The number of nitrogens with zero attached hydrogens (tertiary/aromatic N) is 1. The van der Waals surface area contributed by atoms with Crippen LogP contribution in [0.5, 0.6) is 0 Å². The topological polar surface area (TPSA) is 59.1 Å². The van der Waals surface area contributed by atoms with Crippen LogP contribution in [0.25, 0.3) is 10.1 Å². The van der Waals surface area contributed by atoms with E-state index in [1.54, 1.807) is 5.38 Å². The van der Waals surface area contributed by atoms with Crippen molar-refractivity contribution in [3.8, 4) is 0 Å². The molecule has 3 aromatic rings. The molecule has 0 aliphatic heterocycles. The van der Waals surface area contributed by atoms with Crippen LogP contribution in [-0.2, 0) is 15.4 Å². The second-order valence-corrected chi connectivity index (χ2v) is 12.4. The van der Waals surface area contributed by atoms with E-state index in [9.17, 15) is 8.42 Å². The minimum Gasteiger partial charge on any atom is -0.255 e. The van der Waals surface area contributed by atoms with Crippen molar-refractivity contribution < 1.29 is 8.42 Å². The third kappa shape index (κ3) is 2.66. The van der Waals surface area contributed by atoms with Gasteiger partial charge in [0.05, 0.1) is 5.69 Å². The normalized spacial score (nSPS) is 31.5. The van der Waals surface area contributed by atoms with Crippen LogP contribution in [0.3, 0.4) is 0 Å². The minimum absolute atomic E-state index is 0.198. The first kappa shape index (κ1) is 17.4. The molecule has 4 bridgehead atoms. The molecule has 0 unspecified atom stereocenters. The predicted octanol–water partition coefficient (Wildman–Crippen LogP) is 5.63. The molecule has 2 heterocycles. The number of benzene rings is 1. The maximum atomic E-state index is 13.0. The zero-order valence-corrected chi connectivity index (χ0v) is 17.9. The van der Waals surface area contributed by atoms with E-state index in [0.29, 0.717) is 10.0 Å². The van der Waals surface area contributed by atoms with E-state index in [4.69, 9.17) is 4.98 Å². The van der Waals surface area contributed by atoms with Gasteiger partial charge in [-0.2, -0.15) is 0 Å². The SMILES string of the molecule is O=S(=O)(Nc1nc(C23CC4CC(CC(C4)C2)C3)cs1)c1csc2ccccc12. The second kappa shape index (κ2) is 6.03. The third-order valence-electron chi connectivity index (χ3n) is 7.04. The van der Waals surface area contributed by atoms with Crippen LogP contribution >= 0.6 is 22.7 Å². The molecule has 7 rings (SSSR count). The van der Waals surface area contributed by atoms with Gasteiger partial charge >= 0.3 is 0 Å². The molecule has 0 amide bonds. The number of hydrogen-bond donors (Lipinski definition) is 1. The van der Waals surface area contributed by atoms with Crippen molar-refractivity contribution in [1.82, 2.24) is 4.98 Å².